The highest BCUT2D eigenvalue weighted by atomic mass is 19.4. The van der Waals surface area contributed by atoms with Gasteiger partial charge in [-0.1, -0.05) is 12.1 Å². The molecular weight excluding hydrogens is 243 g/mol. The van der Waals surface area contributed by atoms with Crippen molar-refractivity contribution in [2.24, 2.45) is 5.73 Å². The molecule has 2 nitrogen and oxygen atoms in total. The quantitative estimate of drug-likeness (QED) is 0.852. The molecule has 102 valence electrons. The minimum atomic E-state index is -4.09. The smallest absolute Gasteiger partial charge is 0.389 e. The Morgan fingerprint density at radius 3 is 2.67 bits per heavy atom. The molecule has 0 spiro atoms. The van der Waals surface area contributed by atoms with Crippen molar-refractivity contribution >= 4 is 0 Å². The zero-order valence-corrected chi connectivity index (χ0v) is 10.3. The lowest BCUT2D eigenvalue weighted by Crippen LogP contribution is -2.23. The first-order valence-electron chi connectivity index (χ1n) is 5.86. The maximum absolute atomic E-state index is 12.0. The molecule has 0 aromatic heterocycles. The second-order valence-corrected chi connectivity index (χ2v) is 4.32. The SMILES string of the molecule is COc1cccc(CC(N)CCCC(F)(F)F)c1. The Morgan fingerprint density at radius 1 is 1.33 bits per heavy atom. The van der Waals surface area contributed by atoms with E-state index in [1.807, 2.05) is 24.3 Å². The highest BCUT2D eigenvalue weighted by molar-refractivity contribution is 5.28. The fraction of sp³-hybridized carbons (Fsp3) is 0.538. The number of alkyl halides is 3. The van der Waals surface area contributed by atoms with Gasteiger partial charge in [-0.15, -0.1) is 0 Å². The van der Waals surface area contributed by atoms with Gasteiger partial charge < -0.3 is 10.5 Å². The van der Waals surface area contributed by atoms with Crippen molar-refractivity contribution in [3.8, 4) is 5.75 Å². The van der Waals surface area contributed by atoms with Crippen LogP contribution in [0.4, 0.5) is 13.2 Å². The first-order chi connectivity index (χ1) is 8.40. The molecule has 1 atom stereocenters. The fourth-order valence-corrected chi connectivity index (χ4v) is 1.77. The number of nitrogens with two attached hydrogens (primary N) is 1. The molecule has 0 bridgehead atoms. The summed E-state index contributed by atoms with van der Waals surface area (Å²) in [5.74, 6) is 0.731. The van der Waals surface area contributed by atoms with E-state index in [0.717, 1.165) is 11.3 Å². The summed E-state index contributed by atoms with van der Waals surface area (Å²) in [5.41, 5.74) is 6.80. The Hall–Kier alpha value is -1.23. The van der Waals surface area contributed by atoms with Crippen LogP contribution < -0.4 is 10.5 Å². The average molecular weight is 261 g/mol. The molecule has 1 rings (SSSR count). The summed E-state index contributed by atoms with van der Waals surface area (Å²) < 4.78 is 41.0. The summed E-state index contributed by atoms with van der Waals surface area (Å²) in [6.45, 7) is 0. The first kappa shape index (κ1) is 14.8. The van der Waals surface area contributed by atoms with E-state index in [2.05, 4.69) is 0 Å². The van der Waals surface area contributed by atoms with Gasteiger partial charge in [0.05, 0.1) is 7.11 Å². The van der Waals surface area contributed by atoms with Crippen LogP contribution in [0.2, 0.25) is 0 Å². The average Bonchev–Trinajstić information content (AvgIpc) is 2.27. The molecule has 0 radical (unpaired) electrons. The molecule has 2 N–H and O–H groups in total. The van der Waals surface area contributed by atoms with E-state index in [1.165, 1.54) is 0 Å². The van der Waals surface area contributed by atoms with Gasteiger partial charge in [-0.05, 0) is 37.0 Å². The lowest BCUT2D eigenvalue weighted by molar-refractivity contribution is -0.135. The second kappa shape index (κ2) is 6.64. The topological polar surface area (TPSA) is 35.2 Å². The van der Waals surface area contributed by atoms with Crippen LogP contribution in [0, 0.1) is 0 Å². The predicted octanol–water partition coefficient (Wildman–Crippen LogP) is 3.30. The van der Waals surface area contributed by atoms with Crippen molar-refractivity contribution in [3.63, 3.8) is 0 Å². The standard InChI is InChI=1S/C13H18F3NO/c1-18-12-6-2-4-10(9-12)8-11(17)5-3-7-13(14,15)16/h2,4,6,9,11H,3,5,7-8,17H2,1H3. The summed E-state index contributed by atoms with van der Waals surface area (Å²) in [5, 5.41) is 0. The van der Waals surface area contributed by atoms with E-state index in [9.17, 15) is 13.2 Å². The maximum Gasteiger partial charge on any atom is 0.389 e. The van der Waals surface area contributed by atoms with Crippen LogP contribution in [0.3, 0.4) is 0 Å². The van der Waals surface area contributed by atoms with Crippen molar-refractivity contribution in [2.45, 2.75) is 37.9 Å². The molecule has 1 aromatic rings. The molecule has 0 amide bonds. The molecule has 18 heavy (non-hydrogen) atoms. The minimum Gasteiger partial charge on any atom is -0.497 e. The highest BCUT2D eigenvalue weighted by Crippen LogP contribution is 2.23. The van der Waals surface area contributed by atoms with Gasteiger partial charge in [-0.3, -0.25) is 0 Å². The number of ether oxygens (including phenoxy) is 1. The van der Waals surface area contributed by atoms with Gasteiger partial charge in [-0.25, -0.2) is 0 Å². The molecule has 1 aromatic carbocycles. The van der Waals surface area contributed by atoms with Crippen molar-refractivity contribution in [1.82, 2.24) is 0 Å². The summed E-state index contributed by atoms with van der Waals surface area (Å²) in [4.78, 5) is 0. The van der Waals surface area contributed by atoms with Gasteiger partial charge in [0.15, 0.2) is 0 Å². The minimum absolute atomic E-state index is 0.0780. The van der Waals surface area contributed by atoms with Crippen molar-refractivity contribution in [1.29, 1.82) is 0 Å². The zero-order valence-electron chi connectivity index (χ0n) is 10.3. The van der Waals surface area contributed by atoms with Crippen molar-refractivity contribution < 1.29 is 17.9 Å². The number of benzene rings is 1. The van der Waals surface area contributed by atoms with E-state index in [-0.39, 0.29) is 12.5 Å². The molecule has 0 heterocycles. The number of hydrogen-bond donors (Lipinski definition) is 1. The third-order valence-electron chi connectivity index (χ3n) is 2.67. The predicted molar refractivity (Wildman–Crippen MR) is 64.6 cm³/mol. The number of hydrogen-bond acceptors (Lipinski definition) is 2. The van der Waals surface area contributed by atoms with E-state index in [0.29, 0.717) is 12.8 Å². The number of halogens is 3. The van der Waals surface area contributed by atoms with Crippen molar-refractivity contribution in [3.05, 3.63) is 29.8 Å². The van der Waals surface area contributed by atoms with Crippen LogP contribution in [0.1, 0.15) is 24.8 Å². The molecular formula is C13H18F3NO. The van der Waals surface area contributed by atoms with Gasteiger partial charge in [0, 0.05) is 12.5 Å². The Morgan fingerprint density at radius 2 is 2.06 bits per heavy atom. The number of methoxy groups -OCH3 is 1. The lowest BCUT2D eigenvalue weighted by Gasteiger charge is -2.13. The van der Waals surface area contributed by atoms with E-state index in [4.69, 9.17) is 10.5 Å². The molecule has 0 saturated heterocycles. The Balaban J connectivity index is 2.37. The first-order valence-corrected chi connectivity index (χ1v) is 5.86. The summed E-state index contributed by atoms with van der Waals surface area (Å²) >= 11 is 0. The molecule has 0 aliphatic rings. The van der Waals surface area contributed by atoms with Crippen LogP contribution in [0.25, 0.3) is 0 Å². The third-order valence-corrected chi connectivity index (χ3v) is 2.67. The highest BCUT2D eigenvalue weighted by Gasteiger charge is 2.26. The van der Waals surface area contributed by atoms with Gasteiger partial charge in [0.1, 0.15) is 5.75 Å². The Bertz CT molecular complexity index is 365. The molecule has 1 unspecified atom stereocenters. The summed E-state index contributed by atoms with van der Waals surface area (Å²) in [6, 6.07) is 7.16. The largest absolute Gasteiger partial charge is 0.497 e. The van der Waals surface area contributed by atoms with E-state index >= 15 is 0 Å². The van der Waals surface area contributed by atoms with Crippen LogP contribution in [-0.2, 0) is 6.42 Å². The summed E-state index contributed by atoms with van der Waals surface area (Å²) in [7, 11) is 1.57. The lowest BCUT2D eigenvalue weighted by atomic mass is 10.0. The Kier molecular flexibility index (Phi) is 5.47. The van der Waals surface area contributed by atoms with E-state index in [1.54, 1.807) is 7.11 Å². The van der Waals surface area contributed by atoms with Gasteiger partial charge >= 0.3 is 6.18 Å². The van der Waals surface area contributed by atoms with Gasteiger partial charge in [0.2, 0.25) is 0 Å². The molecule has 0 aliphatic heterocycles. The van der Waals surface area contributed by atoms with E-state index < -0.39 is 12.6 Å². The monoisotopic (exact) mass is 261 g/mol. The van der Waals surface area contributed by atoms with Crippen LogP contribution in [-0.4, -0.2) is 19.3 Å². The van der Waals surface area contributed by atoms with Gasteiger partial charge in [0.25, 0.3) is 0 Å². The summed E-state index contributed by atoms with van der Waals surface area (Å²) in [6.07, 6.45) is -3.84. The maximum atomic E-state index is 12.0. The molecule has 0 fully saturated rings. The fourth-order valence-electron chi connectivity index (χ4n) is 1.77. The molecule has 0 aliphatic carbocycles. The Labute approximate surface area is 105 Å². The third kappa shape index (κ3) is 5.91. The van der Waals surface area contributed by atoms with Crippen LogP contribution in [0.5, 0.6) is 5.75 Å². The van der Waals surface area contributed by atoms with Gasteiger partial charge in [-0.2, -0.15) is 13.2 Å². The van der Waals surface area contributed by atoms with Crippen LogP contribution >= 0.6 is 0 Å². The number of rotatable bonds is 6. The molecule has 5 heteroatoms. The normalized spacial score (nSPS) is 13.4. The van der Waals surface area contributed by atoms with Crippen LogP contribution in [0.15, 0.2) is 24.3 Å². The van der Waals surface area contributed by atoms with Crippen molar-refractivity contribution in [2.75, 3.05) is 7.11 Å². The zero-order chi connectivity index (χ0) is 13.6. The molecule has 0 saturated carbocycles. The second-order valence-electron chi connectivity index (χ2n) is 4.32.